The minimum Gasteiger partial charge on any atom is -0.326 e. The molecule has 2 rings (SSSR count). The van der Waals surface area contributed by atoms with Crippen LogP contribution in [0.4, 0.5) is 5.69 Å². The number of anilines is 1. The molecule has 0 atom stereocenters. The van der Waals surface area contributed by atoms with Crippen LogP contribution >= 0.6 is 23.2 Å². The van der Waals surface area contributed by atoms with Crippen molar-refractivity contribution in [3.63, 3.8) is 0 Å². The van der Waals surface area contributed by atoms with Gasteiger partial charge >= 0.3 is 0 Å². The molecule has 0 aliphatic rings. The number of unbranched alkanes of at least 4 members (excludes halogenated alkanes) is 1. The number of carbonyl (C=O) groups is 1. The number of rotatable bonds is 8. The number of benzene rings is 1. The van der Waals surface area contributed by atoms with Crippen LogP contribution in [0.3, 0.4) is 0 Å². The Morgan fingerprint density at radius 1 is 1.14 bits per heavy atom. The number of amides is 1. The molecule has 0 aliphatic heterocycles. The van der Waals surface area contributed by atoms with Crippen LogP contribution in [0.25, 0.3) is 5.69 Å². The number of sulfonamides is 1. The van der Waals surface area contributed by atoms with E-state index in [9.17, 15) is 13.2 Å². The van der Waals surface area contributed by atoms with Crippen molar-refractivity contribution in [3.8, 4) is 5.69 Å². The predicted molar refractivity (Wildman–Crippen MR) is 113 cm³/mol. The quantitative estimate of drug-likeness (QED) is 0.598. The van der Waals surface area contributed by atoms with Crippen LogP contribution in [0, 0.1) is 0 Å². The maximum atomic E-state index is 12.0. The van der Waals surface area contributed by atoms with Gasteiger partial charge in [0, 0.05) is 24.3 Å². The maximum absolute atomic E-state index is 12.0. The molecule has 2 aromatic rings. The first kappa shape index (κ1) is 22.7. The first-order valence-corrected chi connectivity index (χ1v) is 11.0. The third-order valence-corrected chi connectivity index (χ3v) is 6.96. The molecular formula is C18H24Cl2N4O3S. The lowest BCUT2D eigenvalue weighted by molar-refractivity contribution is -0.116. The van der Waals surface area contributed by atoms with Gasteiger partial charge in [-0.2, -0.15) is 0 Å². The largest absolute Gasteiger partial charge is 0.326 e. The number of carbonyl (C=O) groups excluding carboxylic acids is 1. The van der Waals surface area contributed by atoms with Crippen LogP contribution in [0.15, 0.2) is 30.6 Å². The number of hydrogen-bond acceptors (Lipinski definition) is 4. The van der Waals surface area contributed by atoms with Crippen molar-refractivity contribution in [1.29, 1.82) is 0 Å². The highest BCUT2D eigenvalue weighted by molar-refractivity contribution is 7.90. The topological polar surface area (TPSA) is 93.1 Å². The van der Waals surface area contributed by atoms with E-state index < -0.39 is 14.8 Å². The van der Waals surface area contributed by atoms with Gasteiger partial charge in [-0.25, -0.2) is 18.1 Å². The second kappa shape index (κ2) is 9.26. The molecule has 0 aliphatic carbocycles. The summed E-state index contributed by atoms with van der Waals surface area (Å²) in [6, 6.07) is 7.10. The normalized spacial score (nSPS) is 12.2. The molecule has 0 unspecified atom stereocenters. The number of aromatic nitrogens is 2. The molecule has 0 saturated heterocycles. The second-order valence-electron chi connectivity index (χ2n) is 7.26. The third-order valence-electron chi connectivity index (χ3n) is 4.03. The van der Waals surface area contributed by atoms with E-state index in [2.05, 4.69) is 15.0 Å². The van der Waals surface area contributed by atoms with Gasteiger partial charge in [0.15, 0.2) is 10.3 Å². The highest BCUT2D eigenvalue weighted by Gasteiger charge is 2.27. The molecule has 0 radical (unpaired) electrons. The minimum atomic E-state index is -3.35. The van der Waals surface area contributed by atoms with Crippen molar-refractivity contribution >= 4 is 44.8 Å². The van der Waals surface area contributed by atoms with Gasteiger partial charge in [-0.15, -0.1) is 0 Å². The van der Waals surface area contributed by atoms with Crippen molar-refractivity contribution < 1.29 is 13.2 Å². The molecule has 2 N–H and O–H groups in total. The Balaban J connectivity index is 1.77. The third kappa shape index (κ3) is 5.94. The zero-order valence-corrected chi connectivity index (χ0v) is 18.3. The van der Waals surface area contributed by atoms with E-state index in [1.165, 1.54) is 6.33 Å². The molecule has 7 nitrogen and oxygen atoms in total. The minimum absolute atomic E-state index is 0.130. The monoisotopic (exact) mass is 446 g/mol. The van der Waals surface area contributed by atoms with Crippen molar-refractivity contribution in [3.05, 3.63) is 40.9 Å². The van der Waals surface area contributed by atoms with Crippen LogP contribution in [-0.4, -0.2) is 35.2 Å². The fourth-order valence-corrected chi connectivity index (χ4v) is 3.43. The Morgan fingerprint density at radius 2 is 1.79 bits per heavy atom. The first-order valence-electron chi connectivity index (χ1n) is 8.79. The summed E-state index contributed by atoms with van der Waals surface area (Å²) in [7, 11) is -3.35. The zero-order chi connectivity index (χ0) is 20.9. The number of hydrogen-bond donors (Lipinski definition) is 2. The van der Waals surface area contributed by atoms with Crippen LogP contribution in [0.2, 0.25) is 10.3 Å². The average Bonchev–Trinajstić information content (AvgIpc) is 2.93. The van der Waals surface area contributed by atoms with Crippen LogP contribution in [0.5, 0.6) is 0 Å². The van der Waals surface area contributed by atoms with E-state index in [0.717, 1.165) is 5.69 Å². The first-order chi connectivity index (χ1) is 13.0. The molecule has 0 bridgehead atoms. The number of nitrogens with zero attached hydrogens (tertiary/aromatic N) is 2. The molecule has 0 fully saturated rings. The fourth-order valence-electron chi connectivity index (χ4n) is 2.25. The Bertz CT molecular complexity index is 919. The van der Waals surface area contributed by atoms with Crippen molar-refractivity contribution in [2.45, 2.75) is 44.8 Å². The Hall–Kier alpha value is -1.61. The van der Waals surface area contributed by atoms with E-state index in [1.807, 2.05) is 0 Å². The number of halogens is 2. The van der Waals surface area contributed by atoms with Gasteiger partial charge in [0.2, 0.25) is 15.9 Å². The van der Waals surface area contributed by atoms with Gasteiger partial charge in [0.25, 0.3) is 0 Å². The molecule has 1 aromatic carbocycles. The van der Waals surface area contributed by atoms with Gasteiger partial charge in [0.1, 0.15) is 6.33 Å². The standard InChI is InChI=1S/C18H24Cl2N4O3S/c1-18(2,3)28(26,27)22-11-5-4-6-15(25)23-13-7-9-14(10-8-13)24-12-21-16(19)17(24)20/h7-10,12,22H,4-6,11H2,1-3H3,(H,23,25). The fraction of sp³-hybridized carbons (Fsp3) is 0.444. The Labute approximate surface area is 175 Å². The van der Waals surface area contributed by atoms with E-state index in [-0.39, 0.29) is 11.1 Å². The van der Waals surface area contributed by atoms with Gasteiger partial charge in [0.05, 0.1) is 4.75 Å². The lowest BCUT2D eigenvalue weighted by atomic mass is 10.2. The van der Waals surface area contributed by atoms with Crippen molar-refractivity contribution in [2.75, 3.05) is 11.9 Å². The summed E-state index contributed by atoms with van der Waals surface area (Å²) < 4.78 is 27.2. The Morgan fingerprint density at radius 3 is 2.32 bits per heavy atom. The highest BCUT2D eigenvalue weighted by Crippen LogP contribution is 2.24. The summed E-state index contributed by atoms with van der Waals surface area (Å²) in [6.07, 6.45) is 3.00. The van der Waals surface area contributed by atoms with Gasteiger partial charge in [-0.05, 0) is 57.9 Å². The molecule has 28 heavy (non-hydrogen) atoms. The SMILES string of the molecule is CC(C)(C)S(=O)(=O)NCCCCC(=O)Nc1ccc(-n2cnc(Cl)c2Cl)cc1. The lowest BCUT2D eigenvalue weighted by Gasteiger charge is -2.19. The number of nitrogens with one attached hydrogen (secondary N) is 2. The summed E-state index contributed by atoms with van der Waals surface area (Å²) in [4.78, 5) is 16.0. The summed E-state index contributed by atoms with van der Waals surface area (Å²) in [5.74, 6) is -0.130. The Kier molecular flexibility index (Phi) is 7.50. The maximum Gasteiger partial charge on any atom is 0.224 e. The molecule has 1 amide bonds. The molecule has 1 aromatic heterocycles. The van der Waals surface area contributed by atoms with E-state index >= 15 is 0 Å². The van der Waals surface area contributed by atoms with Gasteiger partial charge in [-0.1, -0.05) is 23.2 Å². The molecule has 10 heteroatoms. The van der Waals surface area contributed by atoms with Gasteiger partial charge < -0.3 is 5.32 Å². The summed E-state index contributed by atoms with van der Waals surface area (Å²) >= 11 is 11.9. The van der Waals surface area contributed by atoms with Crippen LogP contribution in [-0.2, 0) is 14.8 Å². The zero-order valence-electron chi connectivity index (χ0n) is 16.0. The molecule has 0 saturated carbocycles. The second-order valence-corrected chi connectivity index (χ2v) is 10.5. The van der Waals surface area contributed by atoms with Crippen molar-refractivity contribution in [1.82, 2.24) is 14.3 Å². The van der Waals surface area contributed by atoms with E-state index in [0.29, 0.717) is 36.6 Å². The lowest BCUT2D eigenvalue weighted by Crippen LogP contribution is -2.39. The smallest absolute Gasteiger partial charge is 0.224 e. The highest BCUT2D eigenvalue weighted by atomic mass is 35.5. The molecule has 154 valence electrons. The van der Waals surface area contributed by atoms with Gasteiger partial charge in [-0.3, -0.25) is 9.36 Å². The van der Waals surface area contributed by atoms with Crippen LogP contribution in [0.1, 0.15) is 40.0 Å². The molecular weight excluding hydrogens is 423 g/mol. The summed E-state index contributed by atoms with van der Waals surface area (Å²) in [5.41, 5.74) is 1.43. The molecule has 1 heterocycles. The van der Waals surface area contributed by atoms with Crippen LogP contribution < -0.4 is 10.0 Å². The summed E-state index contributed by atoms with van der Waals surface area (Å²) in [6.45, 7) is 5.24. The summed E-state index contributed by atoms with van der Waals surface area (Å²) in [5, 5.41) is 3.36. The van der Waals surface area contributed by atoms with Crippen molar-refractivity contribution in [2.24, 2.45) is 0 Å². The van der Waals surface area contributed by atoms with E-state index in [4.69, 9.17) is 23.2 Å². The average molecular weight is 447 g/mol. The van der Waals surface area contributed by atoms with E-state index in [1.54, 1.807) is 49.6 Å². The number of imidazole rings is 1. The molecule has 0 spiro atoms. The predicted octanol–water partition coefficient (Wildman–Crippen LogP) is 4.01.